The van der Waals surface area contributed by atoms with E-state index in [0.717, 1.165) is 16.0 Å². The van der Waals surface area contributed by atoms with Crippen molar-refractivity contribution in [1.82, 2.24) is 4.90 Å². The Balaban J connectivity index is 1.47. The normalized spacial score (nSPS) is 18.4. The van der Waals surface area contributed by atoms with Gasteiger partial charge in [0.25, 0.3) is 0 Å². The highest BCUT2D eigenvalue weighted by Crippen LogP contribution is 2.45. The van der Waals surface area contributed by atoms with E-state index in [1.165, 1.54) is 12.1 Å². The number of hydrogen-bond acceptors (Lipinski definition) is 4. The molecule has 2 aromatic rings. The van der Waals surface area contributed by atoms with Gasteiger partial charge in [0.05, 0.1) is 29.7 Å². The van der Waals surface area contributed by atoms with Crippen molar-refractivity contribution in [3.05, 3.63) is 68.4 Å². The number of Topliss-reactive ketones (excluding diaryl/α,β-unsaturated/α-hetero) is 1. The van der Waals surface area contributed by atoms with Crippen LogP contribution in [0.15, 0.2) is 30.3 Å². The SMILES string of the molecule is C[C@](S)(CC(=O)c1ccc2c(c1)COC21CN(C(=O)CC(F)(F)F)C1)c1cc(Cl)c(F)c(Cl)c1. The Bertz CT molecular complexity index is 1160. The zero-order valence-electron chi connectivity index (χ0n) is 17.8. The smallest absolute Gasteiger partial charge is 0.362 e. The van der Waals surface area contributed by atoms with Crippen molar-refractivity contribution < 1.29 is 31.9 Å². The average molecular weight is 536 g/mol. The molecule has 0 bridgehead atoms. The number of ketones is 1. The van der Waals surface area contributed by atoms with Crippen LogP contribution in [-0.2, 0) is 26.5 Å². The zero-order valence-corrected chi connectivity index (χ0v) is 20.2. The van der Waals surface area contributed by atoms with Gasteiger partial charge in [0.15, 0.2) is 11.6 Å². The number of hydrogen-bond donors (Lipinski definition) is 1. The molecule has 2 aliphatic heterocycles. The zero-order chi connectivity index (χ0) is 25.1. The summed E-state index contributed by atoms with van der Waals surface area (Å²) in [6.07, 6.45) is -6.09. The van der Waals surface area contributed by atoms with Crippen molar-refractivity contribution >= 4 is 47.5 Å². The predicted molar refractivity (Wildman–Crippen MR) is 122 cm³/mol. The molecule has 1 fully saturated rings. The Morgan fingerprint density at radius 2 is 1.74 bits per heavy atom. The van der Waals surface area contributed by atoms with Gasteiger partial charge in [-0.15, -0.1) is 0 Å². The van der Waals surface area contributed by atoms with Crippen molar-refractivity contribution in [2.45, 2.75) is 42.9 Å². The number of ether oxygens (including phenoxy) is 1. The van der Waals surface area contributed by atoms with Crippen molar-refractivity contribution in [2.75, 3.05) is 13.1 Å². The summed E-state index contributed by atoms with van der Waals surface area (Å²) in [6.45, 7) is 1.94. The largest absolute Gasteiger partial charge is 0.397 e. The molecule has 0 aliphatic carbocycles. The fourth-order valence-corrected chi connectivity index (χ4v) is 5.06. The second kappa shape index (κ2) is 8.69. The van der Waals surface area contributed by atoms with Gasteiger partial charge >= 0.3 is 6.18 Å². The average Bonchev–Trinajstić information content (AvgIpc) is 3.08. The molecular formula is C23H19Cl2F4NO3S. The van der Waals surface area contributed by atoms with Gasteiger partial charge in [-0.3, -0.25) is 9.59 Å². The van der Waals surface area contributed by atoms with Gasteiger partial charge < -0.3 is 9.64 Å². The number of likely N-dealkylation sites (tertiary alicyclic amines) is 1. The summed E-state index contributed by atoms with van der Waals surface area (Å²) in [5, 5.41) is -0.336. The molecule has 1 atom stereocenters. The van der Waals surface area contributed by atoms with Gasteiger partial charge in [-0.05, 0) is 41.8 Å². The molecule has 34 heavy (non-hydrogen) atoms. The first-order valence-electron chi connectivity index (χ1n) is 10.2. The second-order valence-corrected chi connectivity index (χ2v) is 10.6. The Labute approximate surface area is 208 Å². The quantitative estimate of drug-likeness (QED) is 0.219. The number of rotatable bonds is 5. The Hall–Kier alpha value is -1.81. The summed E-state index contributed by atoms with van der Waals surface area (Å²) in [4.78, 5) is 25.9. The number of thiol groups is 1. The molecule has 0 N–H and O–H groups in total. The highest BCUT2D eigenvalue weighted by molar-refractivity contribution is 7.81. The van der Waals surface area contributed by atoms with E-state index < -0.39 is 34.7 Å². The summed E-state index contributed by atoms with van der Waals surface area (Å²) in [6, 6.07) is 7.77. The Kier molecular flexibility index (Phi) is 6.46. The van der Waals surface area contributed by atoms with Crippen LogP contribution in [0.1, 0.15) is 46.8 Å². The van der Waals surface area contributed by atoms with Crippen molar-refractivity contribution in [2.24, 2.45) is 0 Å². The van der Waals surface area contributed by atoms with E-state index in [9.17, 15) is 27.2 Å². The maximum Gasteiger partial charge on any atom is 0.397 e. The predicted octanol–water partition coefficient (Wildman–Crippen LogP) is 6.07. The number of nitrogens with zero attached hydrogens (tertiary/aromatic N) is 1. The van der Waals surface area contributed by atoms with Crippen LogP contribution in [-0.4, -0.2) is 35.9 Å². The van der Waals surface area contributed by atoms with Gasteiger partial charge in [-0.1, -0.05) is 35.3 Å². The number of carbonyl (C=O) groups is 2. The van der Waals surface area contributed by atoms with Gasteiger partial charge in [-0.2, -0.15) is 25.8 Å². The second-order valence-electron chi connectivity index (χ2n) is 8.82. The number of fused-ring (bicyclic) bond motifs is 2. The lowest BCUT2D eigenvalue weighted by molar-refractivity contribution is -0.185. The maximum atomic E-state index is 13.8. The minimum atomic E-state index is -4.56. The van der Waals surface area contributed by atoms with E-state index >= 15 is 0 Å². The summed E-state index contributed by atoms with van der Waals surface area (Å²) >= 11 is 16.3. The molecule has 0 radical (unpaired) electrons. The fourth-order valence-electron chi connectivity index (χ4n) is 4.30. The highest BCUT2D eigenvalue weighted by atomic mass is 35.5. The lowest BCUT2D eigenvalue weighted by Gasteiger charge is -2.47. The monoisotopic (exact) mass is 535 g/mol. The number of carbonyl (C=O) groups excluding carboxylic acids is 2. The molecule has 0 unspecified atom stereocenters. The van der Waals surface area contributed by atoms with E-state index in [1.54, 1.807) is 25.1 Å². The number of amides is 1. The number of halogens is 6. The topological polar surface area (TPSA) is 46.6 Å². The molecule has 4 rings (SSSR count). The van der Waals surface area contributed by atoms with Crippen molar-refractivity contribution in [3.8, 4) is 0 Å². The summed E-state index contributed by atoms with van der Waals surface area (Å²) in [5.74, 6) is -1.96. The van der Waals surface area contributed by atoms with E-state index in [1.807, 2.05) is 0 Å². The summed E-state index contributed by atoms with van der Waals surface area (Å²) in [5.41, 5.74) is 1.54. The first-order valence-corrected chi connectivity index (χ1v) is 11.4. The Morgan fingerprint density at radius 3 is 2.32 bits per heavy atom. The van der Waals surface area contributed by atoms with Crippen LogP contribution in [0.2, 0.25) is 10.0 Å². The molecule has 1 saturated heterocycles. The van der Waals surface area contributed by atoms with Crippen LogP contribution >= 0.6 is 35.8 Å². The molecule has 1 spiro atoms. The molecule has 0 aromatic heterocycles. The lowest BCUT2D eigenvalue weighted by Crippen LogP contribution is -2.61. The first kappa shape index (κ1) is 25.3. The number of benzene rings is 2. The van der Waals surface area contributed by atoms with Gasteiger partial charge in [0, 0.05) is 16.7 Å². The summed E-state index contributed by atoms with van der Waals surface area (Å²) < 4.78 is 56.1. The van der Waals surface area contributed by atoms with E-state index in [2.05, 4.69) is 12.6 Å². The fraction of sp³-hybridized carbons (Fsp3) is 0.391. The van der Waals surface area contributed by atoms with Gasteiger partial charge in [0.2, 0.25) is 5.91 Å². The first-order chi connectivity index (χ1) is 15.7. The van der Waals surface area contributed by atoms with Crippen LogP contribution < -0.4 is 0 Å². The third-order valence-corrected chi connectivity index (χ3v) is 7.10. The molecule has 0 saturated carbocycles. The molecule has 1 amide bonds. The molecule has 2 aromatic carbocycles. The highest BCUT2D eigenvalue weighted by Gasteiger charge is 2.52. The lowest BCUT2D eigenvalue weighted by atomic mass is 9.83. The maximum absolute atomic E-state index is 13.8. The molecule has 182 valence electrons. The van der Waals surface area contributed by atoms with Crippen LogP contribution in [0.4, 0.5) is 17.6 Å². The van der Waals surface area contributed by atoms with E-state index in [4.69, 9.17) is 27.9 Å². The van der Waals surface area contributed by atoms with Crippen molar-refractivity contribution in [1.29, 1.82) is 0 Å². The third-order valence-electron chi connectivity index (χ3n) is 6.13. The third kappa shape index (κ3) is 4.80. The minimum absolute atomic E-state index is 0.0289. The van der Waals surface area contributed by atoms with E-state index in [0.29, 0.717) is 11.1 Å². The molecule has 11 heteroatoms. The van der Waals surface area contributed by atoms with Crippen LogP contribution in [0.25, 0.3) is 0 Å². The molecule has 2 aliphatic rings. The standard InChI is InChI=1S/C23H19Cl2F4NO3S/c1-21(34,14-5-16(24)20(26)17(25)6-14)7-18(31)12-2-3-15-13(4-12)9-33-22(15)10-30(11-22)19(32)8-23(27,28)29/h2-6,34H,7-11H2,1H3/t21-/m0/s1. The van der Waals surface area contributed by atoms with Crippen LogP contribution in [0, 0.1) is 5.82 Å². The van der Waals surface area contributed by atoms with Crippen molar-refractivity contribution in [3.63, 3.8) is 0 Å². The number of alkyl halides is 3. The van der Waals surface area contributed by atoms with Gasteiger partial charge in [0.1, 0.15) is 12.0 Å². The minimum Gasteiger partial charge on any atom is -0.362 e. The van der Waals surface area contributed by atoms with E-state index in [-0.39, 0.29) is 41.9 Å². The molecule has 4 nitrogen and oxygen atoms in total. The molecular weight excluding hydrogens is 517 g/mol. The van der Waals surface area contributed by atoms with Crippen LogP contribution in [0.5, 0.6) is 0 Å². The van der Waals surface area contributed by atoms with Crippen LogP contribution in [0.3, 0.4) is 0 Å². The van der Waals surface area contributed by atoms with Gasteiger partial charge in [-0.25, -0.2) is 4.39 Å². The molecule has 2 heterocycles. The summed E-state index contributed by atoms with van der Waals surface area (Å²) in [7, 11) is 0. The Morgan fingerprint density at radius 1 is 1.12 bits per heavy atom.